The zero-order valence-electron chi connectivity index (χ0n) is 26.1. The molecule has 43 heavy (non-hydrogen) atoms. The van der Waals surface area contributed by atoms with Gasteiger partial charge in [0.1, 0.15) is 12.1 Å². The zero-order valence-corrected chi connectivity index (χ0v) is 27.6. The van der Waals surface area contributed by atoms with Crippen LogP contribution in [-0.2, 0) is 35.1 Å². The number of halogens is 2. The smallest absolute Gasteiger partial charge is 0.347 e. The topological polar surface area (TPSA) is 131 Å². The van der Waals surface area contributed by atoms with E-state index in [2.05, 4.69) is 10.6 Å². The van der Waals surface area contributed by atoms with Gasteiger partial charge in [-0.25, -0.2) is 4.79 Å². The minimum Gasteiger partial charge on any atom is -0.459 e. The number of hydrogen-bond donors (Lipinski definition) is 3. The largest absolute Gasteiger partial charge is 0.459 e. The van der Waals surface area contributed by atoms with Crippen LogP contribution in [0.2, 0.25) is 5.02 Å². The summed E-state index contributed by atoms with van der Waals surface area (Å²) in [6, 6.07) is 4.44. The fourth-order valence-corrected chi connectivity index (χ4v) is 4.97. The SMILES string of the molecule is CCC(Cl)C(O)C(C)C1C/C=C/C(=O)NC(Cc2ccc(C)c(Cl)c2)C(=O)NCC(C)(C)C(=O)OC(CC(C)C)C(=O)O1. The van der Waals surface area contributed by atoms with E-state index in [9.17, 15) is 24.3 Å². The van der Waals surface area contributed by atoms with Gasteiger partial charge in [-0.05, 0) is 62.8 Å². The van der Waals surface area contributed by atoms with Crippen LogP contribution in [0.4, 0.5) is 0 Å². The lowest BCUT2D eigenvalue weighted by Crippen LogP contribution is -2.51. The fourth-order valence-electron chi connectivity index (χ4n) is 4.54. The lowest BCUT2D eigenvalue weighted by atomic mass is 9.92. The number of esters is 2. The first-order valence-electron chi connectivity index (χ1n) is 14.8. The molecule has 1 aromatic rings. The molecule has 1 heterocycles. The Hall–Kier alpha value is -2.62. The first-order chi connectivity index (χ1) is 20.0. The molecule has 3 N–H and O–H groups in total. The number of cyclic esters (lactones) is 2. The molecule has 2 rings (SSSR count). The Morgan fingerprint density at radius 2 is 1.79 bits per heavy atom. The van der Waals surface area contributed by atoms with E-state index in [0.717, 1.165) is 11.1 Å². The molecule has 11 heteroatoms. The van der Waals surface area contributed by atoms with Crippen molar-refractivity contribution < 1.29 is 33.8 Å². The van der Waals surface area contributed by atoms with Crippen LogP contribution < -0.4 is 10.6 Å². The quantitative estimate of drug-likeness (QED) is 0.278. The fraction of sp³-hybridized carbons (Fsp3) is 0.625. The number of rotatable bonds is 8. The molecule has 0 radical (unpaired) electrons. The minimum absolute atomic E-state index is 0.00725. The number of carbonyl (C=O) groups is 4. The summed E-state index contributed by atoms with van der Waals surface area (Å²) in [6.07, 6.45) is 0.635. The van der Waals surface area contributed by atoms with Crippen molar-refractivity contribution in [3.05, 3.63) is 46.5 Å². The van der Waals surface area contributed by atoms with E-state index in [1.54, 1.807) is 26.8 Å². The predicted molar refractivity (Wildman–Crippen MR) is 167 cm³/mol. The van der Waals surface area contributed by atoms with Crippen molar-refractivity contribution in [2.45, 2.75) is 104 Å². The molecule has 0 bridgehead atoms. The molecular formula is C32H46Cl2N2O7. The van der Waals surface area contributed by atoms with Gasteiger partial charge in [0, 0.05) is 30.3 Å². The van der Waals surface area contributed by atoms with E-state index in [4.69, 9.17) is 32.7 Å². The number of carbonyl (C=O) groups excluding carboxylic acids is 4. The van der Waals surface area contributed by atoms with E-state index >= 15 is 0 Å². The van der Waals surface area contributed by atoms with Crippen LogP contribution in [0.1, 0.15) is 71.9 Å². The van der Waals surface area contributed by atoms with Gasteiger partial charge in [-0.1, -0.05) is 57.5 Å². The van der Waals surface area contributed by atoms with Gasteiger partial charge in [-0.3, -0.25) is 14.4 Å². The van der Waals surface area contributed by atoms with Crippen LogP contribution in [0, 0.1) is 24.2 Å². The molecule has 0 aliphatic carbocycles. The molecule has 6 unspecified atom stereocenters. The highest BCUT2D eigenvalue weighted by molar-refractivity contribution is 6.31. The normalized spacial score (nSPS) is 25.1. The van der Waals surface area contributed by atoms with Crippen LogP contribution in [0.3, 0.4) is 0 Å². The molecule has 0 aromatic heterocycles. The number of amides is 2. The Balaban J connectivity index is 2.46. The Morgan fingerprint density at radius 3 is 2.40 bits per heavy atom. The lowest BCUT2D eigenvalue weighted by Gasteiger charge is -2.32. The van der Waals surface area contributed by atoms with E-state index < -0.39 is 64.8 Å². The zero-order chi connectivity index (χ0) is 32.5. The number of alkyl halides is 1. The van der Waals surface area contributed by atoms with Crippen molar-refractivity contribution in [2.24, 2.45) is 17.3 Å². The number of aliphatic hydroxyl groups is 1. The molecule has 1 aliphatic heterocycles. The standard InChI is InChI=1S/C32H46Cl2N2O7/c1-8-22(33)28(38)20(5)25-10-9-11-27(37)36-24(16-21-13-12-19(4)23(34)15-21)29(39)35-17-32(6,7)31(41)43-26(14-18(2)3)30(40)42-25/h9,11-13,15,18,20,22,24-26,28,38H,8,10,14,16-17H2,1-7H3,(H,35,39)(H,36,37)/b11-9+. The number of hydrogen-bond acceptors (Lipinski definition) is 7. The molecular weight excluding hydrogens is 595 g/mol. The van der Waals surface area contributed by atoms with Gasteiger partial charge in [-0.2, -0.15) is 0 Å². The summed E-state index contributed by atoms with van der Waals surface area (Å²) in [5, 5.41) is 16.2. The van der Waals surface area contributed by atoms with E-state index in [0.29, 0.717) is 11.4 Å². The van der Waals surface area contributed by atoms with Gasteiger partial charge >= 0.3 is 11.9 Å². The highest BCUT2D eigenvalue weighted by Crippen LogP contribution is 2.26. The van der Waals surface area contributed by atoms with Crippen LogP contribution >= 0.6 is 23.2 Å². The Morgan fingerprint density at radius 1 is 1.12 bits per heavy atom. The average Bonchev–Trinajstić information content (AvgIpc) is 2.94. The van der Waals surface area contributed by atoms with E-state index in [1.807, 2.05) is 39.8 Å². The third-order valence-electron chi connectivity index (χ3n) is 7.55. The molecule has 1 aliphatic rings. The molecule has 0 spiro atoms. The Labute approximate surface area is 265 Å². The van der Waals surface area contributed by atoms with Crippen LogP contribution in [0.5, 0.6) is 0 Å². The van der Waals surface area contributed by atoms with Crippen molar-refractivity contribution in [3.63, 3.8) is 0 Å². The highest BCUT2D eigenvalue weighted by Gasteiger charge is 2.38. The molecule has 240 valence electrons. The lowest BCUT2D eigenvalue weighted by molar-refractivity contribution is -0.180. The predicted octanol–water partition coefficient (Wildman–Crippen LogP) is 4.66. The van der Waals surface area contributed by atoms with Crippen molar-refractivity contribution in [1.29, 1.82) is 0 Å². The number of nitrogens with one attached hydrogen (secondary N) is 2. The summed E-state index contributed by atoms with van der Waals surface area (Å²) in [6.45, 7) is 12.3. The monoisotopic (exact) mass is 640 g/mol. The van der Waals surface area contributed by atoms with Gasteiger partial charge in [0.25, 0.3) is 0 Å². The Bertz CT molecular complexity index is 1170. The molecule has 9 nitrogen and oxygen atoms in total. The molecule has 0 saturated carbocycles. The number of aryl methyl sites for hydroxylation is 1. The molecule has 0 fully saturated rings. The second-order valence-corrected chi connectivity index (χ2v) is 13.3. The van der Waals surface area contributed by atoms with Crippen molar-refractivity contribution in [1.82, 2.24) is 10.6 Å². The van der Waals surface area contributed by atoms with Gasteiger partial charge in [0.2, 0.25) is 11.8 Å². The summed E-state index contributed by atoms with van der Waals surface area (Å²) >= 11 is 12.6. The molecule has 6 atom stereocenters. The second kappa shape index (κ2) is 16.5. The maximum Gasteiger partial charge on any atom is 0.347 e. The van der Waals surface area contributed by atoms with Crippen molar-refractivity contribution in [2.75, 3.05) is 6.54 Å². The Kier molecular flexibility index (Phi) is 14.0. The maximum absolute atomic E-state index is 13.4. The van der Waals surface area contributed by atoms with Gasteiger partial charge in [0.15, 0.2) is 6.10 Å². The van der Waals surface area contributed by atoms with E-state index in [-0.39, 0.29) is 31.7 Å². The summed E-state index contributed by atoms with van der Waals surface area (Å²) in [7, 11) is 0. The summed E-state index contributed by atoms with van der Waals surface area (Å²) < 4.78 is 11.5. The van der Waals surface area contributed by atoms with Gasteiger partial charge in [-0.15, -0.1) is 11.6 Å². The molecule has 1 aromatic carbocycles. The van der Waals surface area contributed by atoms with Crippen molar-refractivity contribution >= 4 is 47.0 Å². The third kappa shape index (κ3) is 11.1. The first-order valence-corrected chi connectivity index (χ1v) is 15.6. The van der Waals surface area contributed by atoms with Crippen LogP contribution in [0.25, 0.3) is 0 Å². The average molecular weight is 642 g/mol. The summed E-state index contributed by atoms with van der Waals surface area (Å²) in [5.41, 5.74) is 0.413. The van der Waals surface area contributed by atoms with E-state index in [1.165, 1.54) is 12.2 Å². The summed E-state index contributed by atoms with van der Waals surface area (Å²) in [4.78, 5) is 52.9. The summed E-state index contributed by atoms with van der Waals surface area (Å²) in [5.74, 6) is -3.09. The highest BCUT2D eigenvalue weighted by atomic mass is 35.5. The maximum atomic E-state index is 13.4. The van der Waals surface area contributed by atoms with Gasteiger partial charge in [0.05, 0.1) is 16.9 Å². The number of aliphatic hydroxyl groups excluding tert-OH is 1. The minimum atomic E-state index is -1.21. The van der Waals surface area contributed by atoms with Gasteiger partial charge < -0.3 is 25.2 Å². The molecule has 0 saturated heterocycles. The van der Waals surface area contributed by atoms with Crippen molar-refractivity contribution in [3.8, 4) is 0 Å². The third-order valence-corrected chi connectivity index (χ3v) is 8.53. The molecule has 2 amide bonds. The second-order valence-electron chi connectivity index (χ2n) is 12.4. The number of benzene rings is 1. The first kappa shape index (κ1) is 36.6. The van der Waals surface area contributed by atoms with Crippen LogP contribution in [-0.4, -0.2) is 65.1 Å². The van der Waals surface area contributed by atoms with Crippen LogP contribution in [0.15, 0.2) is 30.4 Å². The number of ether oxygens (including phenoxy) is 2.